The van der Waals surface area contributed by atoms with Crippen molar-refractivity contribution in [3.05, 3.63) is 83.2 Å². The maximum Gasteiger partial charge on any atom is 0.255 e. The van der Waals surface area contributed by atoms with Gasteiger partial charge in [0.25, 0.3) is 5.91 Å². The van der Waals surface area contributed by atoms with Crippen molar-refractivity contribution in [3.8, 4) is 5.69 Å². The molecule has 0 unspecified atom stereocenters. The van der Waals surface area contributed by atoms with Gasteiger partial charge in [0, 0.05) is 11.3 Å². The molecule has 0 spiro atoms. The van der Waals surface area contributed by atoms with Crippen molar-refractivity contribution in [2.24, 2.45) is 0 Å². The van der Waals surface area contributed by atoms with Crippen LogP contribution in [0, 0.1) is 12.7 Å². The van der Waals surface area contributed by atoms with E-state index in [0.717, 1.165) is 23.2 Å². The summed E-state index contributed by atoms with van der Waals surface area (Å²) in [5.41, 5.74) is 5.47. The van der Waals surface area contributed by atoms with Gasteiger partial charge in [-0.1, -0.05) is 19.1 Å². The number of hydrogen-bond acceptors (Lipinski definition) is 3. The van der Waals surface area contributed by atoms with Gasteiger partial charge in [0.15, 0.2) is 0 Å². The number of nitrogens with one attached hydrogen (secondary N) is 1. The second-order valence-corrected chi connectivity index (χ2v) is 6.63. The van der Waals surface area contributed by atoms with Gasteiger partial charge in [-0.25, -0.2) is 4.39 Å². The number of carbonyl (C=O) groups is 1. The van der Waals surface area contributed by atoms with Gasteiger partial charge in [0.2, 0.25) is 0 Å². The maximum atomic E-state index is 13.1. The molecule has 5 nitrogen and oxygen atoms in total. The Kier molecular flexibility index (Phi) is 4.61. The second kappa shape index (κ2) is 7.23. The molecule has 6 heteroatoms. The third kappa shape index (κ3) is 3.49. The van der Waals surface area contributed by atoms with Gasteiger partial charge in [-0.3, -0.25) is 4.79 Å². The lowest BCUT2D eigenvalue weighted by molar-refractivity contribution is 0.102. The minimum atomic E-state index is -0.377. The molecular formula is C22H19FN4O. The first-order chi connectivity index (χ1) is 13.5. The number of anilines is 1. The normalized spacial score (nSPS) is 11.0. The van der Waals surface area contributed by atoms with Crippen molar-refractivity contribution < 1.29 is 9.18 Å². The van der Waals surface area contributed by atoms with Crippen LogP contribution in [0.1, 0.15) is 28.4 Å². The summed E-state index contributed by atoms with van der Waals surface area (Å²) in [6.45, 7) is 4.01. The Labute approximate surface area is 161 Å². The number of aryl methyl sites for hydroxylation is 2. The molecule has 1 amide bonds. The lowest BCUT2D eigenvalue weighted by Gasteiger charge is -2.08. The summed E-state index contributed by atoms with van der Waals surface area (Å²) >= 11 is 0. The molecule has 0 saturated carbocycles. The molecule has 0 atom stereocenters. The molecule has 0 radical (unpaired) electrons. The third-order valence-electron chi connectivity index (χ3n) is 4.66. The Bertz CT molecular complexity index is 1150. The Morgan fingerprint density at radius 1 is 1.00 bits per heavy atom. The number of aromatic nitrogens is 3. The molecule has 1 heterocycles. The van der Waals surface area contributed by atoms with Crippen molar-refractivity contribution in [2.75, 3.05) is 5.32 Å². The van der Waals surface area contributed by atoms with Crippen molar-refractivity contribution >= 4 is 22.6 Å². The van der Waals surface area contributed by atoms with Gasteiger partial charge in [-0.05, 0) is 73.0 Å². The molecule has 3 aromatic carbocycles. The zero-order valence-electron chi connectivity index (χ0n) is 15.6. The number of rotatable bonds is 4. The molecule has 0 saturated heterocycles. The summed E-state index contributed by atoms with van der Waals surface area (Å²) in [5.74, 6) is -0.678. The monoisotopic (exact) mass is 374 g/mol. The molecule has 28 heavy (non-hydrogen) atoms. The number of hydrogen-bond donors (Lipinski definition) is 1. The molecule has 0 aliphatic rings. The SMILES string of the molecule is CCc1ccc(-n2nc3cc(C)c(NC(=O)c4ccc(F)cc4)cc3n2)cc1. The first-order valence-corrected chi connectivity index (χ1v) is 9.07. The molecule has 1 aromatic heterocycles. The van der Waals surface area contributed by atoms with Crippen LogP contribution in [0.5, 0.6) is 0 Å². The summed E-state index contributed by atoms with van der Waals surface area (Å²) < 4.78 is 13.1. The van der Waals surface area contributed by atoms with Crippen LogP contribution in [0.3, 0.4) is 0 Å². The van der Waals surface area contributed by atoms with E-state index in [-0.39, 0.29) is 11.7 Å². The second-order valence-electron chi connectivity index (χ2n) is 6.63. The van der Waals surface area contributed by atoms with Crippen LogP contribution in [0.4, 0.5) is 10.1 Å². The van der Waals surface area contributed by atoms with E-state index in [1.54, 1.807) is 10.9 Å². The summed E-state index contributed by atoms with van der Waals surface area (Å²) in [5, 5.41) is 11.9. The van der Waals surface area contributed by atoms with E-state index in [0.29, 0.717) is 16.8 Å². The first-order valence-electron chi connectivity index (χ1n) is 9.07. The van der Waals surface area contributed by atoms with E-state index in [1.807, 2.05) is 25.1 Å². The van der Waals surface area contributed by atoms with E-state index in [2.05, 4.69) is 34.6 Å². The summed E-state index contributed by atoms with van der Waals surface area (Å²) in [7, 11) is 0. The van der Waals surface area contributed by atoms with E-state index >= 15 is 0 Å². The molecule has 4 rings (SSSR count). The highest BCUT2D eigenvalue weighted by molar-refractivity contribution is 6.05. The van der Waals surface area contributed by atoms with Crippen molar-refractivity contribution in [3.63, 3.8) is 0 Å². The molecule has 0 fully saturated rings. The highest BCUT2D eigenvalue weighted by atomic mass is 19.1. The van der Waals surface area contributed by atoms with E-state index < -0.39 is 0 Å². The molecule has 140 valence electrons. The van der Waals surface area contributed by atoms with E-state index in [9.17, 15) is 9.18 Å². The zero-order chi connectivity index (χ0) is 19.7. The minimum absolute atomic E-state index is 0.301. The predicted molar refractivity (Wildman–Crippen MR) is 107 cm³/mol. The van der Waals surface area contributed by atoms with E-state index in [1.165, 1.54) is 29.8 Å². The predicted octanol–water partition coefficient (Wildman–Crippen LogP) is 4.68. The summed E-state index contributed by atoms with van der Waals surface area (Å²) in [4.78, 5) is 14.0. The van der Waals surface area contributed by atoms with Crippen molar-refractivity contribution in [1.82, 2.24) is 15.0 Å². The lowest BCUT2D eigenvalue weighted by Crippen LogP contribution is -2.12. The first kappa shape index (κ1) is 17.9. The smallest absolute Gasteiger partial charge is 0.255 e. The fourth-order valence-corrected chi connectivity index (χ4v) is 2.98. The zero-order valence-corrected chi connectivity index (χ0v) is 15.6. The fourth-order valence-electron chi connectivity index (χ4n) is 2.98. The van der Waals surface area contributed by atoms with Crippen LogP contribution in [0.25, 0.3) is 16.7 Å². The minimum Gasteiger partial charge on any atom is -0.322 e. The van der Waals surface area contributed by atoms with Crippen LogP contribution in [-0.2, 0) is 6.42 Å². The Morgan fingerprint density at radius 2 is 1.64 bits per heavy atom. The highest BCUT2D eigenvalue weighted by Crippen LogP contribution is 2.23. The summed E-state index contributed by atoms with van der Waals surface area (Å²) in [6, 6.07) is 17.2. The topological polar surface area (TPSA) is 59.8 Å². The van der Waals surface area contributed by atoms with Gasteiger partial charge < -0.3 is 5.32 Å². The number of amides is 1. The fraction of sp³-hybridized carbons (Fsp3) is 0.136. The Hall–Kier alpha value is -3.54. The van der Waals surface area contributed by atoms with Gasteiger partial charge in [-0.2, -0.15) is 4.80 Å². The average molecular weight is 374 g/mol. The van der Waals surface area contributed by atoms with Gasteiger partial charge in [0.05, 0.1) is 5.69 Å². The standard InChI is InChI=1S/C22H19FN4O/c1-3-15-4-10-18(11-5-15)27-25-20-12-14(2)19(13-21(20)26-27)24-22(28)16-6-8-17(23)9-7-16/h4-13H,3H2,1-2H3,(H,24,28). The van der Waals surface area contributed by atoms with Crippen LogP contribution >= 0.6 is 0 Å². The Morgan fingerprint density at radius 3 is 2.29 bits per heavy atom. The molecule has 1 N–H and O–H groups in total. The molecule has 4 aromatic rings. The maximum absolute atomic E-state index is 13.1. The number of nitrogens with zero attached hydrogens (tertiary/aromatic N) is 3. The van der Waals surface area contributed by atoms with Gasteiger partial charge in [0.1, 0.15) is 16.9 Å². The number of fused-ring (bicyclic) bond motifs is 1. The Balaban J connectivity index is 1.63. The molecule has 0 aliphatic heterocycles. The van der Waals surface area contributed by atoms with Crippen LogP contribution in [0.15, 0.2) is 60.7 Å². The summed E-state index contributed by atoms with van der Waals surface area (Å²) in [6.07, 6.45) is 0.977. The quantitative estimate of drug-likeness (QED) is 0.564. The third-order valence-corrected chi connectivity index (χ3v) is 4.66. The highest BCUT2D eigenvalue weighted by Gasteiger charge is 2.12. The van der Waals surface area contributed by atoms with Crippen molar-refractivity contribution in [1.29, 1.82) is 0 Å². The van der Waals surface area contributed by atoms with Crippen LogP contribution in [-0.4, -0.2) is 20.9 Å². The van der Waals surface area contributed by atoms with Crippen LogP contribution in [0.2, 0.25) is 0 Å². The molecular weight excluding hydrogens is 355 g/mol. The van der Waals surface area contributed by atoms with Crippen molar-refractivity contribution in [2.45, 2.75) is 20.3 Å². The average Bonchev–Trinajstić information content (AvgIpc) is 3.11. The molecule has 0 bridgehead atoms. The number of benzene rings is 3. The number of carbonyl (C=O) groups excluding carboxylic acids is 1. The van der Waals surface area contributed by atoms with Gasteiger partial charge >= 0.3 is 0 Å². The van der Waals surface area contributed by atoms with E-state index in [4.69, 9.17) is 0 Å². The lowest BCUT2D eigenvalue weighted by atomic mass is 10.1. The largest absolute Gasteiger partial charge is 0.322 e. The number of halogens is 1. The van der Waals surface area contributed by atoms with Crippen LogP contribution < -0.4 is 5.32 Å². The molecule has 0 aliphatic carbocycles. The van der Waals surface area contributed by atoms with Gasteiger partial charge in [-0.15, -0.1) is 10.2 Å².